The number of hydrogen-bond donors (Lipinski definition) is 0. The van der Waals surface area contributed by atoms with Crippen LogP contribution in [0.3, 0.4) is 0 Å². The van der Waals surface area contributed by atoms with Crippen molar-refractivity contribution >= 4 is 27.2 Å². The molecule has 1 aromatic rings. The first-order valence-corrected chi connectivity index (χ1v) is 7.60. The van der Waals surface area contributed by atoms with Gasteiger partial charge in [0.05, 0.1) is 11.5 Å². The van der Waals surface area contributed by atoms with E-state index in [1.54, 1.807) is 18.2 Å². The summed E-state index contributed by atoms with van der Waals surface area (Å²) in [5.41, 5.74) is 1.41. The van der Waals surface area contributed by atoms with E-state index in [1.807, 2.05) is 6.92 Å². The van der Waals surface area contributed by atoms with Crippen LogP contribution in [0.1, 0.15) is 22.3 Å². The van der Waals surface area contributed by atoms with Crippen LogP contribution in [0.2, 0.25) is 5.02 Å². The van der Waals surface area contributed by atoms with E-state index < -0.39 is 15.8 Å². The predicted molar refractivity (Wildman–Crippen MR) is 67.3 cm³/mol. The van der Waals surface area contributed by atoms with Crippen LogP contribution in [0.5, 0.6) is 0 Å². The highest BCUT2D eigenvalue weighted by Crippen LogP contribution is 2.25. The Morgan fingerprint density at radius 2 is 2.12 bits per heavy atom. The van der Waals surface area contributed by atoms with Crippen molar-refractivity contribution in [3.8, 4) is 0 Å². The molecule has 0 N–H and O–H groups in total. The highest BCUT2D eigenvalue weighted by molar-refractivity contribution is 7.91. The van der Waals surface area contributed by atoms with E-state index in [9.17, 15) is 13.2 Å². The van der Waals surface area contributed by atoms with Crippen LogP contribution in [-0.4, -0.2) is 25.7 Å². The van der Waals surface area contributed by atoms with Crippen molar-refractivity contribution in [1.29, 1.82) is 0 Å². The highest BCUT2D eigenvalue weighted by Gasteiger charge is 2.33. The fourth-order valence-electron chi connectivity index (χ4n) is 1.98. The number of sulfone groups is 1. The quantitative estimate of drug-likeness (QED) is 0.776. The van der Waals surface area contributed by atoms with Gasteiger partial charge in [-0.05, 0) is 25.0 Å². The summed E-state index contributed by atoms with van der Waals surface area (Å²) in [6, 6.07) is 5.09. The molecule has 92 valence electrons. The molecule has 3 nitrogen and oxygen atoms in total. The molecule has 0 aromatic heterocycles. The summed E-state index contributed by atoms with van der Waals surface area (Å²) in [5.74, 6) is -0.438. The molecule has 1 aliphatic rings. The van der Waals surface area contributed by atoms with E-state index in [0.29, 0.717) is 17.0 Å². The number of ketones is 1. The first-order chi connectivity index (χ1) is 7.89. The lowest BCUT2D eigenvalue weighted by Crippen LogP contribution is -2.16. The molecule has 0 saturated carbocycles. The van der Waals surface area contributed by atoms with Gasteiger partial charge in [0.1, 0.15) is 0 Å². The van der Waals surface area contributed by atoms with Crippen LogP contribution >= 0.6 is 11.6 Å². The van der Waals surface area contributed by atoms with Gasteiger partial charge in [0.2, 0.25) is 0 Å². The van der Waals surface area contributed by atoms with Gasteiger partial charge in [0, 0.05) is 16.5 Å². The molecule has 0 radical (unpaired) electrons. The Morgan fingerprint density at radius 1 is 1.41 bits per heavy atom. The Bertz CT molecular complexity index is 563. The van der Waals surface area contributed by atoms with Crippen molar-refractivity contribution < 1.29 is 13.2 Å². The number of hydrogen-bond acceptors (Lipinski definition) is 3. The van der Waals surface area contributed by atoms with Gasteiger partial charge in [-0.25, -0.2) is 8.42 Å². The lowest BCUT2D eigenvalue weighted by molar-refractivity contribution is 0.0933. The minimum Gasteiger partial charge on any atom is -0.294 e. The molecular weight excluding hydrogens is 260 g/mol. The summed E-state index contributed by atoms with van der Waals surface area (Å²) in [5, 5.41) is 0.539. The van der Waals surface area contributed by atoms with Gasteiger partial charge >= 0.3 is 0 Å². The zero-order chi connectivity index (χ0) is 12.6. The molecular formula is C12H13ClO3S. The normalized spacial score (nSPS) is 22.6. The van der Waals surface area contributed by atoms with E-state index in [-0.39, 0.29) is 17.3 Å². The van der Waals surface area contributed by atoms with E-state index in [4.69, 9.17) is 11.6 Å². The molecule has 0 aliphatic carbocycles. The largest absolute Gasteiger partial charge is 0.294 e. The highest BCUT2D eigenvalue weighted by atomic mass is 35.5. The summed E-state index contributed by atoms with van der Waals surface area (Å²) in [6.45, 7) is 1.86. The zero-order valence-corrected chi connectivity index (χ0v) is 11.0. The molecule has 1 atom stereocenters. The second-order valence-corrected chi connectivity index (χ2v) is 7.06. The van der Waals surface area contributed by atoms with Crippen LogP contribution < -0.4 is 0 Å². The summed E-state index contributed by atoms with van der Waals surface area (Å²) in [6.07, 6.45) is 0.423. The Morgan fingerprint density at radius 3 is 2.65 bits per heavy atom. The number of carbonyl (C=O) groups is 1. The van der Waals surface area contributed by atoms with Gasteiger partial charge in [-0.2, -0.15) is 0 Å². The average Bonchev–Trinajstić information content (AvgIpc) is 2.62. The first-order valence-electron chi connectivity index (χ1n) is 5.40. The van der Waals surface area contributed by atoms with Gasteiger partial charge in [-0.1, -0.05) is 23.7 Å². The van der Waals surface area contributed by atoms with Gasteiger partial charge in [-0.15, -0.1) is 0 Å². The average molecular weight is 273 g/mol. The van der Waals surface area contributed by atoms with Gasteiger partial charge in [0.15, 0.2) is 15.6 Å². The van der Waals surface area contributed by atoms with Crippen molar-refractivity contribution in [1.82, 2.24) is 0 Å². The molecule has 1 heterocycles. The molecule has 1 aliphatic heterocycles. The number of halogens is 1. The van der Waals surface area contributed by atoms with Crippen molar-refractivity contribution in [2.75, 3.05) is 11.5 Å². The third kappa shape index (κ3) is 2.69. The first kappa shape index (κ1) is 12.6. The maximum Gasteiger partial charge on any atom is 0.167 e. The SMILES string of the molecule is Cc1ccc(C(=O)C2CCS(=O)(=O)C2)cc1Cl. The molecule has 1 unspecified atom stereocenters. The molecule has 1 aromatic carbocycles. The molecule has 17 heavy (non-hydrogen) atoms. The minimum atomic E-state index is -3.02. The van der Waals surface area contributed by atoms with E-state index in [2.05, 4.69) is 0 Å². The Labute approximate surface area is 106 Å². The summed E-state index contributed by atoms with van der Waals surface area (Å²) >= 11 is 5.95. The smallest absolute Gasteiger partial charge is 0.167 e. The maximum atomic E-state index is 12.1. The van der Waals surface area contributed by atoms with Crippen LogP contribution in [0.25, 0.3) is 0 Å². The second kappa shape index (κ2) is 4.42. The molecule has 0 spiro atoms. The topological polar surface area (TPSA) is 51.2 Å². The number of aryl methyl sites for hydroxylation is 1. The third-order valence-corrected chi connectivity index (χ3v) is 5.23. The number of Topliss-reactive ketones (excluding diaryl/α,β-unsaturated/α-hetero) is 1. The van der Waals surface area contributed by atoms with Gasteiger partial charge < -0.3 is 0 Å². The minimum absolute atomic E-state index is 0.0304. The molecule has 5 heteroatoms. The van der Waals surface area contributed by atoms with Gasteiger partial charge in [0.25, 0.3) is 0 Å². The molecule has 0 amide bonds. The van der Waals surface area contributed by atoms with Gasteiger partial charge in [-0.3, -0.25) is 4.79 Å². The van der Waals surface area contributed by atoms with Crippen LogP contribution in [0.15, 0.2) is 18.2 Å². The lowest BCUT2D eigenvalue weighted by Gasteiger charge is -2.07. The summed E-state index contributed by atoms with van der Waals surface area (Å²) in [4.78, 5) is 12.1. The van der Waals surface area contributed by atoms with Crippen molar-refractivity contribution in [2.45, 2.75) is 13.3 Å². The molecule has 1 saturated heterocycles. The second-order valence-electron chi connectivity index (χ2n) is 4.43. The van der Waals surface area contributed by atoms with E-state index in [0.717, 1.165) is 5.56 Å². The number of rotatable bonds is 2. The summed E-state index contributed by atoms with van der Waals surface area (Å²) < 4.78 is 22.6. The lowest BCUT2D eigenvalue weighted by atomic mass is 9.96. The number of benzene rings is 1. The standard InChI is InChI=1S/C12H13ClO3S/c1-8-2-3-9(6-11(8)13)12(14)10-4-5-17(15,16)7-10/h2-3,6,10H,4-5,7H2,1H3. The predicted octanol–water partition coefficient (Wildman–Crippen LogP) is 2.27. The fourth-order valence-corrected chi connectivity index (χ4v) is 3.91. The van der Waals surface area contributed by atoms with Crippen LogP contribution in [0.4, 0.5) is 0 Å². The molecule has 2 rings (SSSR count). The van der Waals surface area contributed by atoms with Crippen LogP contribution in [-0.2, 0) is 9.84 Å². The zero-order valence-electron chi connectivity index (χ0n) is 9.44. The molecule has 1 fully saturated rings. The Kier molecular flexibility index (Phi) is 3.27. The monoisotopic (exact) mass is 272 g/mol. The Balaban J connectivity index is 2.23. The number of carbonyl (C=O) groups excluding carboxylic acids is 1. The van der Waals surface area contributed by atoms with Crippen molar-refractivity contribution in [3.63, 3.8) is 0 Å². The maximum absolute atomic E-state index is 12.1. The third-order valence-electron chi connectivity index (χ3n) is 3.06. The Hall–Kier alpha value is -0.870. The van der Waals surface area contributed by atoms with Crippen molar-refractivity contribution in [3.05, 3.63) is 34.3 Å². The van der Waals surface area contributed by atoms with E-state index in [1.165, 1.54) is 0 Å². The fraction of sp³-hybridized carbons (Fsp3) is 0.417. The van der Waals surface area contributed by atoms with Crippen LogP contribution in [0, 0.1) is 12.8 Å². The molecule has 0 bridgehead atoms. The summed E-state index contributed by atoms with van der Waals surface area (Å²) in [7, 11) is -3.02. The van der Waals surface area contributed by atoms with Crippen molar-refractivity contribution in [2.24, 2.45) is 5.92 Å². The van der Waals surface area contributed by atoms with E-state index >= 15 is 0 Å².